The van der Waals surface area contributed by atoms with E-state index in [9.17, 15) is 26.7 Å². The van der Waals surface area contributed by atoms with Crippen LogP contribution >= 0.6 is 12.4 Å². The molecule has 0 spiro atoms. The fourth-order valence-electron chi connectivity index (χ4n) is 2.07. The molecular weight excluding hydrogens is 331 g/mol. The highest BCUT2D eigenvalue weighted by Crippen LogP contribution is 2.29. The molecule has 1 amide bonds. The zero-order valence-electron chi connectivity index (χ0n) is 11.2. The van der Waals surface area contributed by atoms with Crippen molar-refractivity contribution in [3.8, 4) is 0 Å². The van der Waals surface area contributed by atoms with E-state index in [1.165, 1.54) is 12.1 Å². The zero-order chi connectivity index (χ0) is 15.7. The fraction of sp³-hybridized carbons (Fsp3) is 0.462. The van der Waals surface area contributed by atoms with Gasteiger partial charge in [0.1, 0.15) is 0 Å². The highest BCUT2D eigenvalue weighted by molar-refractivity contribution is 5.85. The molecule has 1 aliphatic rings. The standard InChI is InChI=1S/C13H13F5N2O.ClH/c14-12(15)5-10(20-7-12)11(21)19-6-8-2-1-3-9(4-8)13(16,17)18;/h1-4,10,20H,5-7H2,(H,19,21);1H. The molecule has 2 rings (SSSR count). The molecule has 0 aromatic heterocycles. The van der Waals surface area contributed by atoms with Gasteiger partial charge in [-0.1, -0.05) is 12.1 Å². The van der Waals surface area contributed by atoms with Gasteiger partial charge in [0, 0.05) is 13.0 Å². The molecule has 0 radical (unpaired) electrons. The number of carbonyl (C=O) groups is 1. The number of halogens is 6. The Bertz CT molecular complexity index is 535. The maximum absolute atomic E-state index is 12.9. The summed E-state index contributed by atoms with van der Waals surface area (Å²) in [6, 6.07) is 3.46. The van der Waals surface area contributed by atoms with E-state index in [0.717, 1.165) is 12.1 Å². The van der Waals surface area contributed by atoms with Gasteiger partial charge in [0.05, 0.1) is 18.2 Å². The van der Waals surface area contributed by atoms with E-state index in [1.54, 1.807) is 0 Å². The van der Waals surface area contributed by atoms with Crippen LogP contribution in [-0.4, -0.2) is 24.4 Å². The quantitative estimate of drug-likeness (QED) is 0.828. The second-order valence-electron chi connectivity index (χ2n) is 4.91. The summed E-state index contributed by atoms with van der Waals surface area (Å²) in [6.45, 7) is -0.721. The Kier molecular flexibility index (Phi) is 5.75. The summed E-state index contributed by atoms with van der Waals surface area (Å²) >= 11 is 0. The fourth-order valence-corrected chi connectivity index (χ4v) is 2.07. The van der Waals surface area contributed by atoms with Crippen LogP contribution in [-0.2, 0) is 17.5 Å². The first-order chi connectivity index (χ1) is 9.67. The van der Waals surface area contributed by atoms with E-state index in [-0.39, 0.29) is 24.5 Å². The second-order valence-corrected chi connectivity index (χ2v) is 4.91. The third-order valence-corrected chi connectivity index (χ3v) is 3.15. The van der Waals surface area contributed by atoms with E-state index >= 15 is 0 Å². The Morgan fingerprint density at radius 1 is 1.36 bits per heavy atom. The van der Waals surface area contributed by atoms with Crippen molar-refractivity contribution in [2.24, 2.45) is 0 Å². The van der Waals surface area contributed by atoms with Crippen LogP contribution in [0, 0.1) is 0 Å². The minimum absolute atomic E-state index is 0. The van der Waals surface area contributed by atoms with Crippen LogP contribution in [0.3, 0.4) is 0 Å². The Morgan fingerprint density at radius 3 is 2.59 bits per heavy atom. The Morgan fingerprint density at radius 2 is 2.05 bits per heavy atom. The van der Waals surface area contributed by atoms with Crippen LogP contribution in [0.5, 0.6) is 0 Å². The SMILES string of the molecule is Cl.O=C(NCc1cccc(C(F)(F)F)c1)C1CC(F)(F)CN1. The summed E-state index contributed by atoms with van der Waals surface area (Å²) in [5.74, 6) is -3.58. The Balaban J connectivity index is 0.00000242. The van der Waals surface area contributed by atoms with E-state index in [1.807, 2.05) is 0 Å². The minimum Gasteiger partial charge on any atom is -0.351 e. The maximum atomic E-state index is 12.9. The molecule has 0 aliphatic carbocycles. The monoisotopic (exact) mass is 344 g/mol. The molecule has 0 bridgehead atoms. The molecule has 9 heteroatoms. The highest BCUT2D eigenvalue weighted by atomic mass is 35.5. The average Bonchev–Trinajstić information content (AvgIpc) is 2.76. The van der Waals surface area contributed by atoms with Crippen LogP contribution in [0.25, 0.3) is 0 Å². The second kappa shape index (κ2) is 6.78. The minimum atomic E-state index is -4.46. The largest absolute Gasteiger partial charge is 0.416 e. The lowest BCUT2D eigenvalue weighted by atomic mass is 10.1. The Labute approximate surface area is 129 Å². The van der Waals surface area contributed by atoms with Crippen LogP contribution in [0.1, 0.15) is 17.5 Å². The molecule has 124 valence electrons. The lowest BCUT2D eigenvalue weighted by molar-refractivity contribution is -0.137. The lowest BCUT2D eigenvalue weighted by Crippen LogP contribution is -2.40. The molecule has 1 unspecified atom stereocenters. The molecule has 22 heavy (non-hydrogen) atoms. The summed E-state index contributed by atoms with van der Waals surface area (Å²) in [5, 5.41) is 4.73. The van der Waals surface area contributed by atoms with Crippen molar-refractivity contribution in [3.63, 3.8) is 0 Å². The van der Waals surface area contributed by atoms with Crippen molar-refractivity contribution in [2.75, 3.05) is 6.54 Å². The van der Waals surface area contributed by atoms with Gasteiger partial charge in [0.2, 0.25) is 5.91 Å². The molecule has 1 saturated heterocycles. The van der Waals surface area contributed by atoms with Crippen LogP contribution in [0.15, 0.2) is 24.3 Å². The van der Waals surface area contributed by atoms with Crippen LogP contribution in [0.4, 0.5) is 22.0 Å². The number of alkyl halides is 5. The zero-order valence-corrected chi connectivity index (χ0v) is 12.0. The smallest absolute Gasteiger partial charge is 0.351 e. The van der Waals surface area contributed by atoms with Crippen molar-refractivity contribution >= 4 is 18.3 Å². The summed E-state index contributed by atoms with van der Waals surface area (Å²) in [4.78, 5) is 11.7. The van der Waals surface area contributed by atoms with Gasteiger partial charge in [-0.3, -0.25) is 10.1 Å². The summed E-state index contributed by atoms with van der Waals surface area (Å²) in [7, 11) is 0. The molecular formula is C13H14ClF5N2O. The van der Waals surface area contributed by atoms with Crippen molar-refractivity contribution in [1.29, 1.82) is 0 Å². The van der Waals surface area contributed by atoms with E-state index < -0.39 is 42.6 Å². The first-order valence-electron chi connectivity index (χ1n) is 6.22. The maximum Gasteiger partial charge on any atom is 0.416 e. The van der Waals surface area contributed by atoms with Gasteiger partial charge in [-0.15, -0.1) is 12.4 Å². The first kappa shape index (κ1) is 18.6. The number of rotatable bonds is 3. The first-order valence-corrected chi connectivity index (χ1v) is 6.22. The van der Waals surface area contributed by atoms with Crippen molar-refractivity contribution in [2.45, 2.75) is 31.1 Å². The van der Waals surface area contributed by atoms with E-state index in [4.69, 9.17) is 0 Å². The number of benzene rings is 1. The molecule has 1 fully saturated rings. The van der Waals surface area contributed by atoms with Crippen LogP contribution < -0.4 is 10.6 Å². The normalized spacial score (nSPS) is 20.3. The van der Waals surface area contributed by atoms with E-state index in [2.05, 4.69) is 10.6 Å². The molecule has 1 heterocycles. The molecule has 0 saturated carbocycles. The number of hydrogen-bond acceptors (Lipinski definition) is 2. The number of carbonyl (C=O) groups excluding carboxylic acids is 1. The third-order valence-electron chi connectivity index (χ3n) is 3.15. The van der Waals surface area contributed by atoms with Gasteiger partial charge in [0.15, 0.2) is 0 Å². The number of nitrogens with one attached hydrogen (secondary N) is 2. The Hall–Kier alpha value is -1.41. The van der Waals surface area contributed by atoms with Gasteiger partial charge >= 0.3 is 6.18 Å². The predicted octanol–water partition coefficient (Wildman–Crippen LogP) is 2.74. The summed E-state index contributed by atoms with van der Waals surface area (Å²) in [6.07, 6.45) is -5.07. The van der Waals surface area contributed by atoms with Crippen molar-refractivity contribution in [1.82, 2.24) is 10.6 Å². The van der Waals surface area contributed by atoms with Crippen LogP contribution in [0.2, 0.25) is 0 Å². The molecule has 1 aromatic rings. The third kappa shape index (κ3) is 4.81. The van der Waals surface area contributed by atoms with Crippen molar-refractivity contribution < 1.29 is 26.7 Å². The predicted molar refractivity (Wildman–Crippen MR) is 71.9 cm³/mol. The van der Waals surface area contributed by atoms with Gasteiger partial charge < -0.3 is 5.32 Å². The average molecular weight is 345 g/mol. The number of amides is 1. The van der Waals surface area contributed by atoms with Gasteiger partial charge in [0.25, 0.3) is 5.92 Å². The van der Waals surface area contributed by atoms with Gasteiger partial charge in [-0.05, 0) is 17.7 Å². The van der Waals surface area contributed by atoms with E-state index in [0.29, 0.717) is 0 Å². The summed E-state index contributed by atoms with van der Waals surface area (Å²) in [5.41, 5.74) is -0.567. The molecule has 1 aliphatic heterocycles. The topological polar surface area (TPSA) is 41.1 Å². The molecule has 1 atom stereocenters. The lowest BCUT2D eigenvalue weighted by Gasteiger charge is -2.12. The summed E-state index contributed by atoms with van der Waals surface area (Å²) < 4.78 is 63.4. The van der Waals surface area contributed by atoms with Gasteiger partial charge in [-0.2, -0.15) is 13.2 Å². The van der Waals surface area contributed by atoms with Crippen molar-refractivity contribution in [3.05, 3.63) is 35.4 Å². The molecule has 3 nitrogen and oxygen atoms in total. The molecule has 2 N–H and O–H groups in total. The highest BCUT2D eigenvalue weighted by Gasteiger charge is 2.42. The number of hydrogen-bond donors (Lipinski definition) is 2. The van der Waals surface area contributed by atoms with Gasteiger partial charge in [-0.25, -0.2) is 8.78 Å². The molecule has 1 aromatic carbocycles.